The summed E-state index contributed by atoms with van der Waals surface area (Å²) in [5.41, 5.74) is 3.53. The van der Waals surface area contributed by atoms with Gasteiger partial charge in [-0.25, -0.2) is 4.98 Å². The van der Waals surface area contributed by atoms with Crippen LogP contribution in [-0.4, -0.2) is 26.9 Å². The number of aromatic nitrogens is 2. The van der Waals surface area contributed by atoms with Gasteiger partial charge in [0.1, 0.15) is 5.82 Å². The van der Waals surface area contributed by atoms with Crippen molar-refractivity contribution in [3.8, 4) is 0 Å². The van der Waals surface area contributed by atoms with Crippen molar-refractivity contribution >= 4 is 34.2 Å². The molecule has 5 nitrogen and oxygen atoms in total. The standard InChI is InChI=1S/C22H25ClN4O/c1-22(2,3)21(28)24-16-8-9-19-18(12-16)25-20-14-26(10-11-27(19)20)13-15-6-4-5-7-17(15)23/h4-9,12H,10-11,13-14H2,1-3H3,(H,24,28). The molecule has 1 aliphatic rings. The summed E-state index contributed by atoms with van der Waals surface area (Å²) in [5, 5.41) is 3.80. The molecular formula is C22H25ClN4O. The van der Waals surface area contributed by atoms with Gasteiger partial charge in [0.25, 0.3) is 0 Å². The highest BCUT2D eigenvalue weighted by Gasteiger charge is 2.23. The molecule has 1 aromatic heterocycles. The molecule has 0 aliphatic carbocycles. The van der Waals surface area contributed by atoms with E-state index in [2.05, 4.69) is 20.9 Å². The third-order valence-corrected chi connectivity index (χ3v) is 5.49. The zero-order chi connectivity index (χ0) is 19.9. The van der Waals surface area contributed by atoms with Crippen LogP contribution in [0.15, 0.2) is 42.5 Å². The smallest absolute Gasteiger partial charge is 0.229 e. The van der Waals surface area contributed by atoms with Crippen molar-refractivity contribution in [3.05, 3.63) is 58.9 Å². The van der Waals surface area contributed by atoms with E-state index < -0.39 is 5.41 Å². The Labute approximate surface area is 170 Å². The van der Waals surface area contributed by atoms with Gasteiger partial charge in [0.05, 0.1) is 17.6 Å². The molecule has 3 aromatic rings. The predicted molar refractivity (Wildman–Crippen MR) is 113 cm³/mol. The van der Waals surface area contributed by atoms with Crippen LogP contribution in [0.4, 0.5) is 5.69 Å². The number of amides is 1. The van der Waals surface area contributed by atoms with Crippen LogP contribution in [0.25, 0.3) is 11.0 Å². The van der Waals surface area contributed by atoms with Gasteiger partial charge >= 0.3 is 0 Å². The van der Waals surface area contributed by atoms with Gasteiger partial charge in [-0.2, -0.15) is 0 Å². The fourth-order valence-corrected chi connectivity index (χ4v) is 3.66. The van der Waals surface area contributed by atoms with E-state index in [4.69, 9.17) is 16.6 Å². The van der Waals surface area contributed by atoms with Crippen LogP contribution >= 0.6 is 11.6 Å². The van der Waals surface area contributed by atoms with Gasteiger partial charge in [0.15, 0.2) is 0 Å². The van der Waals surface area contributed by atoms with Crippen molar-refractivity contribution < 1.29 is 4.79 Å². The SMILES string of the molecule is CC(C)(C)C(=O)Nc1ccc2c(c1)nc1n2CCN(Cc2ccccc2Cl)C1. The number of benzene rings is 2. The second-order valence-electron chi connectivity index (χ2n) is 8.39. The Hall–Kier alpha value is -2.37. The van der Waals surface area contributed by atoms with Gasteiger partial charge in [0.2, 0.25) is 5.91 Å². The number of imidazole rings is 1. The van der Waals surface area contributed by atoms with Crippen LogP contribution in [0.1, 0.15) is 32.2 Å². The molecule has 28 heavy (non-hydrogen) atoms. The molecule has 0 fully saturated rings. The summed E-state index contributed by atoms with van der Waals surface area (Å²) in [5.74, 6) is 1.05. The molecule has 0 bridgehead atoms. The first-order chi connectivity index (χ1) is 13.3. The van der Waals surface area contributed by atoms with E-state index in [9.17, 15) is 4.79 Å². The number of nitrogens with zero attached hydrogens (tertiary/aromatic N) is 3. The molecule has 4 rings (SSSR count). The van der Waals surface area contributed by atoms with Crippen molar-refractivity contribution in [1.29, 1.82) is 0 Å². The maximum atomic E-state index is 12.3. The van der Waals surface area contributed by atoms with Crippen molar-refractivity contribution in [2.24, 2.45) is 5.41 Å². The van der Waals surface area contributed by atoms with E-state index >= 15 is 0 Å². The van der Waals surface area contributed by atoms with Crippen molar-refractivity contribution in [3.63, 3.8) is 0 Å². The van der Waals surface area contributed by atoms with Crippen LogP contribution in [0.2, 0.25) is 5.02 Å². The zero-order valence-corrected chi connectivity index (χ0v) is 17.3. The largest absolute Gasteiger partial charge is 0.326 e. The number of hydrogen-bond acceptors (Lipinski definition) is 3. The van der Waals surface area contributed by atoms with E-state index in [1.165, 1.54) is 0 Å². The van der Waals surface area contributed by atoms with Gasteiger partial charge in [0, 0.05) is 35.8 Å². The second kappa shape index (κ2) is 7.22. The lowest BCUT2D eigenvalue weighted by atomic mass is 9.95. The summed E-state index contributed by atoms with van der Waals surface area (Å²) in [4.78, 5) is 19.5. The summed E-state index contributed by atoms with van der Waals surface area (Å²) < 4.78 is 2.27. The van der Waals surface area contributed by atoms with E-state index in [0.717, 1.165) is 59.3 Å². The van der Waals surface area contributed by atoms with Crippen molar-refractivity contribution in [2.45, 2.75) is 40.4 Å². The van der Waals surface area contributed by atoms with E-state index in [1.54, 1.807) is 0 Å². The third kappa shape index (κ3) is 3.77. The van der Waals surface area contributed by atoms with E-state index in [-0.39, 0.29) is 5.91 Å². The highest BCUT2D eigenvalue weighted by molar-refractivity contribution is 6.31. The molecule has 1 aliphatic heterocycles. The van der Waals surface area contributed by atoms with E-state index in [1.807, 2.05) is 57.2 Å². The maximum Gasteiger partial charge on any atom is 0.229 e. The Balaban J connectivity index is 1.55. The Bertz CT molecular complexity index is 1030. The van der Waals surface area contributed by atoms with Gasteiger partial charge in [-0.1, -0.05) is 50.6 Å². The van der Waals surface area contributed by atoms with Gasteiger partial charge < -0.3 is 9.88 Å². The minimum absolute atomic E-state index is 0.00161. The molecule has 2 heterocycles. The van der Waals surface area contributed by atoms with Crippen LogP contribution < -0.4 is 5.32 Å². The highest BCUT2D eigenvalue weighted by Crippen LogP contribution is 2.26. The van der Waals surface area contributed by atoms with E-state index in [0.29, 0.717) is 0 Å². The lowest BCUT2D eigenvalue weighted by Crippen LogP contribution is -2.33. The number of hydrogen-bond donors (Lipinski definition) is 1. The van der Waals surface area contributed by atoms with Crippen LogP contribution in [0, 0.1) is 5.41 Å². The second-order valence-corrected chi connectivity index (χ2v) is 8.80. The van der Waals surface area contributed by atoms with Crippen LogP contribution in [0.5, 0.6) is 0 Å². The third-order valence-electron chi connectivity index (χ3n) is 5.12. The maximum absolute atomic E-state index is 12.3. The Kier molecular flexibility index (Phi) is 4.89. The first-order valence-electron chi connectivity index (χ1n) is 9.57. The fraction of sp³-hybridized carbons (Fsp3) is 0.364. The van der Waals surface area contributed by atoms with Gasteiger partial charge in [-0.15, -0.1) is 0 Å². The molecule has 0 unspecified atom stereocenters. The van der Waals surface area contributed by atoms with Gasteiger partial charge in [-0.3, -0.25) is 9.69 Å². The molecule has 1 N–H and O–H groups in total. The number of halogens is 1. The highest BCUT2D eigenvalue weighted by atomic mass is 35.5. The number of carbonyl (C=O) groups excluding carboxylic acids is 1. The lowest BCUT2D eigenvalue weighted by molar-refractivity contribution is -0.123. The number of fused-ring (bicyclic) bond motifs is 3. The number of nitrogens with one attached hydrogen (secondary N) is 1. The molecule has 146 valence electrons. The molecule has 0 radical (unpaired) electrons. The molecular weight excluding hydrogens is 372 g/mol. The minimum Gasteiger partial charge on any atom is -0.326 e. The molecule has 6 heteroatoms. The average molecular weight is 397 g/mol. The first kappa shape index (κ1) is 19.0. The molecule has 2 aromatic carbocycles. The molecule has 0 saturated heterocycles. The summed E-state index contributed by atoms with van der Waals surface area (Å²) in [6.45, 7) is 9.16. The van der Waals surface area contributed by atoms with Crippen molar-refractivity contribution in [1.82, 2.24) is 14.5 Å². The molecule has 0 spiro atoms. The van der Waals surface area contributed by atoms with Crippen LogP contribution in [-0.2, 0) is 24.4 Å². The van der Waals surface area contributed by atoms with Crippen LogP contribution in [0.3, 0.4) is 0 Å². The van der Waals surface area contributed by atoms with Gasteiger partial charge in [-0.05, 0) is 29.8 Å². The number of rotatable bonds is 3. The average Bonchev–Trinajstić information content (AvgIpc) is 2.99. The number of anilines is 1. The number of carbonyl (C=O) groups is 1. The monoisotopic (exact) mass is 396 g/mol. The Morgan fingerprint density at radius 3 is 2.71 bits per heavy atom. The Morgan fingerprint density at radius 2 is 1.96 bits per heavy atom. The zero-order valence-electron chi connectivity index (χ0n) is 16.5. The molecule has 1 amide bonds. The summed E-state index contributed by atoms with van der Waals surface area (Å²) in [6, 6.07) is 14.0. The quantitative estimate of drug-likeness (QED) is 0.698. The summed E-state index contributed by atoms with van der Waals surface area (Å²) in [7, 11) is 0. The Morgan fingerprint density at radius 1 is 1.18 bits per heavy atom. The lowest BCUT2D eigenvalue weighted by Gasteiger charge is -2.28. The predicted octanol–water partition coefficient (Wildman–Crippen LogP) is 4.69. The summed E-state index contributed by atoms with van der Waals surface area (Å²) >= 11 is 6.32. The molecule has 0 atom stereocenters. The normalized spacial score (nSPS) is 14.9. The molecule has 0 saturated carbocycles. The topological polar surface area (TPSA) is 50.2 Å². The van der Waals surface area contributed by atoms with Crippen molar-refractivity contribution in [2.75, 3.05) is 11.9 Å². The summed E-state index contributed by atoms with van der Waals surface area (Å²) in [6.07, 6.45) is 0. The minimum atomic E-state index is -0.429. The first-order valence-corrected chi connectivity index (χ1v) is 9.95. The fourth-order valence-electron chi connectivity index (χ4n) is 3.47.